The molecule has 21 nitrogen and oxygen atoms in total. The van der Waals surface area contributed by atoms with Crippen LogP contribution < -0.4 is 0 Å². The van der Waals surface area contributed by atoms with Crippen LogP contribution in [0.2, 0.25) is 0 Å². The van der Waals surface area contributed by atoms with Crippen LogP contribution in [0.5, 0.6) is 0 Å². The van der Waals surface area contributed by atoms with Crippen LogP contribution in [0.25, 0.3) is 0 Å². The third kappa shape index (κ3) is 18.6. The van der Waals surface area contributed by atoms with Crippen molar-refractivity contribution in [2.24, 2.45) is 150 Å². The Kier molecular flexibility index (Phi) is 26.9. The van der Waals surface area contributed by atoms with E-state index in [4.69, 9.17) is 33.2 Å². The number of carbonyl (C=O) groups is 9. The number of hydrogen-bond acceptors (Lipinski definition) is 20. The highest BCUT2D eigenvalue weighted by Gasteiger charge is 2.70. The summed E-state index contributed by atoms with van der Waals surface area (Å²) in [6, 6.07) is 0. The number of Topliss-reactive ketones (excluding diaryl/α,β-unsaturated/α-hetero) is 1. The van der Waals surface area contributed by atoms with Crippen molar-refractivity contribution in [3.63, 3.8) is 0 Å². The summed E-state index contributed by atoms with van der Waals surface area (Å²) < 4.78 is 41.9. The molecule has 0 amide bonds. The molecule has 5 N–H and O–H groups in total. The van der Waals surface area contributed by atoms with Crippen LogP contribution in [-0.4, -0.2) is 142 Å². The van der Waals surface area contributed by atoms with Gasteiger partial charge in [-0.1, -0.05) is 82.4 Å². The van der Waals surface area contributed by atoms with Gasteiger partial charge in [-0.2, -0.15) is 0 Å². The van der Waals surface area contributed by atoms with Crippen molar-refractivity contribution in [1.82, 2.24) is 0 Å². The number of fused-ring (bicyclic) bond motifs is 13. The van der Waals surface area contributed by atoms with Gasteiger partial charge >= 0.3 is 47.8 Å². The number of ether oxygens (including phenoxy) is 7. The quantitative estimate of drug-likeness (QED) is 0.0405. The van der Waals surface area contributed by atoms with Crippen LogP contribution in [-0.2, 0) is 76.3 Å². The fourth-order valence-electron chi connectivity index (χ4n) is 38.9. The second-order valence-electron chi connectivity index (χ2n) is 52.4. The molecular formula is C112H170O21. The lowest BCUT2D eigenvalue weighted by Crippen LogP contribution is -2.63. The normalized spacial score (nSPS) is 48.9. The highest BCUT2D eigenvalue weighted by atomic mass is 16.6. The van der Waals surface area contributed by atoms with Gasteiger partial charge in [0.2, 0.25) is 0 Å². The van der Waals surface area contributed by atoms with E-state index < -0.39 is 39.4 Å². The van der Waals surface area contributed by atoms with Crippen molar-refractivity contribution in [1.29, 1.82) is 0 Å². The Morgan fingerprint density at radius 1 is 0.406 bits per heavy atom. The molecule has 21 saturated carbocycles. The van der Waals surface area contributed by atoms with Gasteiger partial charge in [0.25, 0.3) is 0 Å². The topological polar surface area (TPSA) is 319 Å². The maximum absolute atomic E-state index is 14.0. The van der Waals surface area contributed by atoms with Crippen molar-refractivity contribution in [3.05, 3.63) is 25.3 Å². The highest BCUT2D eigenvalue weighted by Crippen LogP contribution is 2.74. The molecule has 2 aliphatic heterocycles. The molecule has 23 fully saturated rings. The number of rotatable bonds is 21. The summed E-state index contributed by atoms with van der Waals surface area (Å²) >= 11 is 0. The van der Waals surface area contributed by atoms with E-state index >= 15 is 0 Å². The molecule has 31 atom stereocenters. The van der Waals surface area contributed by atoms with E-state index in [1.165, 1.54) is 31.4 Å². The van der Waals surface area contributed by atoms with Crippen LogP contribution in [0.4, 0.5) is 0 Å². The zero-order valence-corrected chi connectivity index (χ0v) is 83.7. The molecule has 0 aromatic rings. The molecule has 744 valence electrons. The summed E-state index contributed by atoms with van der Waals surface area (Å²) in [5.41, 5.74) is -3.74. The summed E-state index contributed by atoms with van der Waals surface area (Å²) in [5, 5.41) is 53.6. The molecule has 22 unspecified atom stereocenters. The van der Waals surface area contributed by atoms with Gasteiger partial charge in [-0.25, -0.2) is 9.59 Å². The molecular weight excluding hydrogens is 1680 g/mol. The van der Waals surface area contributed by atoms with E-state index in [0.717, 1.165) is 218 Å². The van der Waals surface area contributed by atoms with E-state index in [0.29, 0.717) is 159 Å². The van der Waals surface area contributed by atoms with Crippen molar-refractivity contribution < 1.29 is 102 Å². The van der Waals surface area contributed by atoms with E-state index in [1.54, 1.807) is 0 Å². The summed E-state index contributed by atoms with van der Waals surface area (Å²) in [6.45, 7) is 35.8. The molecule has 0 spiro atoms. The minimum atomic E-state index is -0.848. The lowest BCUT2D eigenvalue weighted by molar-refractivity contribution is -0.230. The van der Waals surface area contributed by atoms with Gasteiger partial charge in [0.1, 0.15) is 46.5 Å². The summed E-state index contributed by atoms with van der Waals surface area (Å²) in [5.74, 6) is 4.09. The number of carbonyl (C=O) groups excluding carboxylic acids is 8. The molecule has 23 rings (SSSR count). The van der Waals surface area contributed by atoms with Crippen LogP contribution in [0, 0.1) is 150 Å². The van der Waals surface area contributed by atoms with E-state index in [2.05, 4.69) is 68.5 Å². The predicted octanol–water partition coefficient (Wildman–Crippen LogP) is 21.0. The van der Waals surface area contributed by atoms with Gasteiger partial charge < -0.3 is 58.7 Å². The number of carboxylic acids is 1. The molecule has 21 aliphatic carbocycles. The van der Waals surface area contributed by atoms with Crippen LogP contribution in [0.3, 0.4) is 0 Å². The van der Waals surface area contributed by atoms with Gasteiger partial charge in [0.15, 0.2) is 0 Å². The smallest absolute Gasteiger partial charge is 0.330 e. The molecule has 133 heavy (non-hydrogen) atoms. The lowest BCUT2D eigenvalue weighted by atomic mass is 9.40. The molecule has 23 aliphatic rings. The average molecular weight is 1850 g/mol. The molecule has 21 heteroatoms. The Balaban J connectivity index is 0.000000131. The second kappa shape index (κ2) is 36.1. The molecule has 12 bridgehead atoms. The third-order valence-electron chi connectivity index (χ3n) is 43.5. The highest BCUT2D eigenvalue weighted by molar-refractivity contribution is 5.88. The lowest BCUT2D eigenvalue weighted by Gasteiger charge is -2.66. The van der Waals surface area contributed by atoms with Crippen molar-refractivity contribution in [3.8, 4) is 0 Å². The van der Waals surface area contributed by atoms with Gasteiger partial charge in [-0.15, -0.1) is 0 Å². The summed E-state index contributed by atoms with van der Waals surface area (Å²) in [6.07, 6.45) is 45.3. The third-order valence-corrected chi connectivity index (χ3v) is 43.5. The van der Waals surface area contributed by atoms with E-state index in [9.17, 15) is 68.7 Å². The van der Waals surface area contributed by atoms with Crippen molar-refractivity contribution in [2.75, 3.05) is 0 Å². The Bertz CT molecular complexity index is 4390. The Hall–Kier alpha value is -5.25. The van der Waals surface area contributed by atoms with Crippen LogP contribution in [0.15, 0.2) is 25.3 Å². The number of aliphatic hydroxyl groups is 4. The fraction of sp³-hybridized carbons (Fsp3) is 0.884. The van der Waals surface area contributed by atoms with Gasteiger partial charge in [0.05, 0.1) is 40.2 Å². The summed E-state index contributed by atoms with van der Waals surface area (Å²) in [4.78, 5) is 113. The first-order valence-corrected chi connectivity index (χ1v) is 53.9. The van der Waals surface area contributed by atoms with E-state index in [1.807, 2.05) is 34.6 Å². The summed E-state index contributed by atoms with van der Waals surface area (Å²) in [7, 11) is 0. The SMILES string of the molecule is C=CC(=O)OC12CC3CC(CC(O)(C3)C1)C2.C=CC(=O)OC1CC[C@@]2(C)C(CC[C@]3(C)C2CC[C@]2(C)OC(=O)CCC32)C1.CCC(CC(C)C(=O)C12CC3CC(CC(O)(C3)C1)C2)C(=O)OC1CC[C@@]2(C)C(CC[C@]3(C)C2CC[C@](C)(O)C3CCC(=O)O)C1.CCC(CC(C)C(=O)OC12CC3CC(CC(O)(C3)C1)C2)C(=O)OC1CC[C@@]2(C)C(CC[C@]3(C)C2CC[C@]2(C)OC(=O)CCC32)C1. The number of aliphatic carboxylic acids is 1. The zero-order chi connectivity index (χ0) is 95.4. The minimum absolute atomic E-state index is 0.0137. The van der Waals surface area contributed by atoms with Crippen LogP contribution >= 0.6 is 0 Å². The van der Waals surface area contributed by atoms with Crippen LogP contribution in [0.1, 0.15) is 405 Å². The average Bonchev–Trinajstić information content (AvgIpc) is 0.703. The van der Waals surface area contributed by atoms with Gasteiger partial charge in [0, 0.05) is 67.4 Å². The number of carboxylic acid groups (broad SMARTS) is 1. The molecule has 0 aromatic carbocycles. The maximum Gasteiger partial charge on any atom is 0.330 e. The minimum Gasteiger partial charge on any atom is -0.481 e. The maximum atomic E-state index is 14.0. The molecule has 0 radical (unpaired) electrons. The Morgan fingerprint density at radius 2 is 0.774 bits per heavy atom. The number of ketones is 1. The Labute approximate surface area is 794 Å². The van der Waals surface area contributed by atoms with Crippen molar-refractivity contribution >= 4 is 53.5 Å². The first-order chi connectivity index (χ1) is 62.4. The molecule has 2 saturated heterocycles. The zero-order valence-electron chi connectivity index (χ0n) is 83.7. The first-order valence-electron chi connectivity index (χ1n) is 53.9. The van der Waals surface area contributed by atoms with E-state index in [-0.39, 0.29) is 146 Å². The standard InChI is InChI=1S/C38H58O7.C38H60O7.C23H34O4.C13H18O3/c1-6-26(15-23(2)32(40)45-38-20-24-16-25(21-38)19-37(42,18-24)22-38)33(41)43-28-10-13-34(3)27(17-28)9-12-35(4)29(34)11-14-36(5)30(35)7-8-31(39)44-36;1-6-26(15-23(2)32(41)37-18-24-16-25(19-37)21-38(44,20-24)22-37)33(42)45-28-10-13-34(3)27(17-28)9-12-35(4)29(34)11-14-36(5,43)30(35)7-8-31(39)40;1-5-19(24)26-16-9-12-21(2)15(14-16)8-11-22(3)17(21)10-13-23(4)18(22)6-7-20(25)27-23;1-2-11(14)16-13-6-9-3-10(7-13)5-12(15,4-9)8-13/h23-30,42H,6-22H2,1-5H3;23-30,43-44H,6-22H2,1-5H3,(H,39,40);5,15-18H,1,6-14H2,2-4H3;2,9-10,15H,1,3-8H2/t2*23?,24?,25?,26?,27?,28?,29?,30?,34-,35+,36-,37?,38?;15?,16?,17?,18?,21-,22+,23-;/m000./s1. The number of hydrogen-bond donors (Lipinski definition) is 5. The predicted molar refractivity (Wildman–Crippen MR) is 501 cm³/mol. The van der Waals surface area contributed by atoms with Gasteiger partial charge in [-0.3, -0.25) is 33.6 Å². The number of esters is 7. The molecule has 2 heterocycles. The fourth-order valence-corrected chi connectivity index (χ4v) is 38.9. The Morgan fingerprint density at radius 3 is 1.17 bits per heavy atom. The molecule has 0 aromatic heterocycles. The largest absolute Gasteiger partial charge is 0.481 e. The van der Waals surface area contributed by atoms with Crippen molar-refractivity contribution in [2.45, 2.75) is 468 Å². The van der Waals surface area contributed by atoms with Gasteiger partial charge in [-0.05, 0) is 413 Å². The first kappa shape index (κ1) is 99.3. The second-order valence-corrected chi connectivity index (χ2v) is 52.4. The monoisotopic (exact) mass is 1850 g/mol.